The van der Waals surface area contributed by atoms with E-state index in [9.17, 15) is 0 Å². The second kappa shape index (κ2) is 6.84. The third-order valence-corrected chi connectivity index (χ3v) is 3.80. The molecule has 0 aliphatic rings. The lowest BCUT2D eigenvalue weighted by atomic mass is 10.1. The molecule has 0 aliphatic heterocycles. The molecule has 3 rings (SSSR count). The van der Waals surface area contributed by atoms with Gasteiger partial charge in [-0.15, -0.1) is 5.10 Å². The molecule has 0 amide bonds. The van der Waals surface area contributed by atoms with E-state index in [2.05, 4.69) is 58.7 Å². The molecule has 122 valence electrons. The first-order chi connectivity index (χ1) is 11.5. The minimum absolute atomic E-state index is 0.407. The van der Waals surface area contributed by atoms with Crippen molar-refractivity contribution in [1.82, 2.24) is 15.2 Å². The van der Waals surface area contributed by atoms with Crippen LogP contribution in [0.1, 0.15) is 16.7 Å². The van der Waals surface area contributed by atoms with Gasteiger partial charge >= 0.3 is 0 Å². The highest BCUT2D eigenvalue weighted by atomic mass is 35.5. The normalized spacial score (nSPS) is 10.5. The average molecular weight is 340 g/mol. The molecule has 0 fully saturated rings. The lowest BCUT2D eigenvalue weighted by molar-refractivity contribution is 0.982. The van der Waals surface area contributed by atoms with E-state index in [4.69, 9.17) is 11.6 Å². The van der Waals surface area contributed by atoms with Gasteiger partial charge in [-0.3, -0.25) is 0 Å². The molecule has 3 aromatic rings. The predicted molar refractivity (Wildman–Crippen MR) is 98.5 cm³/mol. The summed E-state index contributed by atoms with van der Waals surface area (Å²) in [5.74, 6) is 1.04. The van der Waals surface area contributed by atoms with Crippen molar-refractivity contribution in [3.05, 3.63) is 64.3 Å². The van der Waals surface area contributed by atoms with Crippen molar-refractivity contribution in [3.63, 3.8) is 0 Å². The van der Waals surface area contributed by atoms with Crippen LogP contribution >= 0.6 is 11.6 Å². The van der Waals surface area contributed by atoms with Crippen molar-refractivity contribution in [1.29, 1.82) is 0 Å². The molecule has 2 aromatic carbocycles. The molecule has 2 N–H and O–H groups in total. The molecule has 0 atom stereocenters. The number of hydrogen-bond donors (Lipinski definition) is 2. The Morgan fingerprint density at radius 1 is 0.958 bits per heavy atom. The number of aromatic nitrogens is 3. The molecule has 1 heterocycles. The van der Waals surface area contributed by atoms with Gasteiger partial charge in [-0.1, -0.05) is 35.4 Å². The Morgan fingerprint density at radius 2 is 1.71 bits per heavy atom. The van der Waals surface area contributed by atoms with E-state index < -0.39 is 0 Å². The fraction of sp³-hybridized carbons (Fsp3) is 0.167. The van der Waals surface area contributed by atoms with Gasteiger partial charge in [0, 0.05) is 16.4 Å². The summed E-state index contributed by atoms with van der Waals surface area (Å²) < 4.78 is 0. The maximum Gasteiger partial charge on any atom is 0.249 e. The highest BCUT2D eigenvalue weighted by Gasteiger charge is 2.07. The van der Waals surface area contributed by atoms with Crippen molar-refractivity contribution in [2.75, 3.05) is 10.6 Å². The second-order valence-corrected chi connectivity index (χ2v) is 6.14. The number of halogens is 1. The van der Waals surface area contributed by atoms with E-state index in [1.54, 1.807) is 12.3 Å². The van der Waals surface area contributed by atoms with Crippen LogP contribution < -0.4 is 10.6 Å². The lowest BCUT2D eigenvalue weighted by Crippen LogP contribution is -2.04. The highest BCUT2D eigenvalue weighted by molar-refractivity contribution is 6.30. The van der Waals surface area contributed by atoms with E-state index in [-0.39, 0.29) is 0 Å². The summed E-state index contributed by atoms with van der Waals surface area (Å²) >= 11 is 5.99. The van der Waals surface area contributed by atoms with Crippen LogP contribution in [-0.2, 0) is 0 Å². The zero-order valence-electron chi connectivity index (χ0n) is 13.8. The minimum Gasteiger partial charge on any atom is -0.338 e. The number of anilines is 4. The third-order valence-electron chi connectivity index (χ3n) is 3.57. The predicted octanol–water partition coefficient (Wildman–Crippen LogP) is 4.94. The monoisotopic (exact) mass is 339 g/mol. The number of nitrogens with zero attached hydrogens (tertiary/aromatic N) is 3. The fourth-order valence-electron chi connectivity index (χ4n) is 2.62. The number of nitrogens with one attached hydrogen (secondary N) is 2. The Labute approximate surface area is 146 Å². The first-order valence-corrected chi connectivity index (χ1v) is 7.96. The fourth-order valence-corrected chi connectivity index (χ4v) is 2.81. The number of rotatable bonds is 4. The molecule has 6 heteroatoms. The van der Waals surface area contributed by atoms with Gasteiger partial charge in [-0.25, -0.2) is 0 Å². The summed E-state index contributed by atoms with van der Waals surface area (Å²) in [6, 6.07) is 11.6. The molecule has 1 aromatic heterocycles. The Balaban J connectivity index is 1.83. The molecule has 0 saturated heterocycles. The smallest absolute Gasteiger partial charge is 0.249 e. The SMILES string of the molecule is Cc1cc(C)c(Nc2cnnc(Nc3cccc(Cl)c3)n2)c(C)c1. The summed E-state index contributed by atoms with van der Waals surface area (Å²) in [4.78, 5) is 4.46. The van der Waals surface area contributed by atoms with Crippen LogP contribution in [0.5, 0.6) is 0 Å². The van der Waals surface area contributed by atoms with Crippen LogP contribution in [0.2, 0.25) is 5.02 Å². The first-order valence-electron chi connectivity index (χ1n) is 7.58. The number of hydrogen-bond acceptors (Lipinski definition) is 5. The number of benzene rings is 2. The first kappa shape index (κ1) is 16.2. The van der Waals surface area contributed by atoms with Gasteiger partial charge < -0.3 is 10.6 Å². The Morgan fingerprint density at radius 3 is 2.42 bits per heavy atom. The molecule has 0 saturated carbocycles. The van der Waals surface area contributed by atoms with Crippen LogP contribution in [0.3, 0.4) is 0 Å². The molecule has 24 heavy (non-hydrogen) atoms. The van der Waals surface area contributed by atoms with Gasteiger partial charge in [0.2, 0.25) is 5.95 Å². The van der Waals surface area contributed by atoms with Crippen LogP contribution in [0, 0.1) is 20.8 Å². The minimum atomic E-state index is 0.407. The molecule has 0 unspecified atom stereocenters. The Bertz CT molecular complexity index is 856. The van der Waals surface area contributed by atoms with Crippen molar-refractivity contribution in [2.24, 2.45) is 0 Å². The lowest BCUT2D eigenvalue weighted by Gasteiger charge is -2.13. The maximum absolute atomic E-state index is 5.99. The van der Waals surface area contributed by atoms with E-state index >= 15 is 0 Å². The summed E-state index contributed by atoms with van der Waals surface area (Å²) in [6.07, 6.45) is 1.60. The molecular formula is C18H18ClN5. The third kappa shape index (κ3) is 3.81. The summed E-state index contributed by atoms with van der Waals surface area (Å²) in [5, 5.41) is 15.1. The number of aryl methyl sites for hydroxylation is 3. The molecule has 0 aliphatic carbocycles. The van der Waals surface area contributed by atoms with Gasteiger partial charge in [0.05, 0.1) is 6.20 Å². The second-order valence-electron chi connectivity index (χ2n) is 5.70. The standard InChI is InChI=1S/C18H18ClN5/c1-11-7-12(2)17(13(3)8-11)22-16-10-20-24-18(23-16)21-15-6-4-5-14(19)9-15/h4-10H,1-3H3,(H2,21,22,23,24). The van der Waals surface area contributed by atoms with Crippen molar-refractivity contribution in [2.45, 2.75) is 20.8 Å². The van der Waals surface area contributed by atoms with Gasteiger partial charge in [-0.05, 0) is 50.1 Å². The van der Waals surface area contributed by atoms with Gasteiger partial charge in [0.15, 0.2) is 5.82 Å². The van der Waals surface area contributed by atoms with Gasteiger partial charge in [0.1, 0.15) is 0 Å². The van der Waals surface area contributed by atoms with E-state index in [1.165, 1.54) is 5.56 Å². The molecule has 0 radical (unpaired) electrons. The van der Waals surface area contributed by atoms with Crippen molar-refractivity contribution in [3.8, 4) is 0 Å². The van der Waals surface area contributed by atoms with Crippen molar-refractivity contribution >= 4 is 34.7 Å². The molecular weight excluding hydrogens is 322 g/mol. The quantitative estimate of drug-likeness (QED) is 0.705. The maximum atomic E-state index is 5.99. The van der Waals surface area contributed by atoms with E-state index in [1.807, 2.05) is 18.2 Å². The summed E-state index contributed by atoms with van der Waals surface area (Å²) in [6.45, 7) is 6.23. The van der Waals surface area contributed by atoms with E-state index in [0.29, 0.717) is 16.8 Å². The zero-order chi connectivity index (χ0) is 17.1. The van der Waals surface area contributed by atoms with Crippen LogP contribution in [0.4, 0.5) is 23.1 Å². The molecule has 0 spiro atoms. The van der Waals surface area contributed by atoms with Crippen LogP contribution in [0.15, 0.2) is 42.6 Å². The topological polar surface area (TPSA) is 62.7 Å². The van der Waals surface area contributed by atoms with E-state index in [0.717, 1.165) is 22.5 Å². The van der Waals surface area contributed by atoms with Crippen molar-refractivity contribution < 1.29 is 0 Å². The highest BCUT2D eigenvalue weighted by Crippen LogP contribution is 2.25. The molecule has 0 bridgehead atoms. The van der Waals surface area contributed by atoms with Crippen LogP contribution in [0.25, 0.3) is 0 Å². The average Bonchev–Trinajstić information content (AvgIpc) is 2.51. The van der Waals surface area contributed by atoms with Crippen LogP contribution in [-0.4, -0.2) is 15.2 Å². The van der Waals surface area contributed by atoms with Gasteiger partial charge in [-0.2, -0.15) is 10.1 Å². The Hall–Kier alpha value is -2.66. The van der Waals surface area contributed by atoms with Gasteiger partial charge in [0.25, 0.3) is 0 Å². The summed E-state index contributed by atoms with van der Waals surface area (Å²) in [5.41, 5.74) is 5.41. The zero-order valence-corrected chi connectivity index (χ0v) is 14.5. The summed E-state index contributed by atoms with van der Waals surface area (Å²) in [7, 11) is 0. The Kier molecular flexibility index (Phi) is 4.62. The largest absolute Gasteiger partial charge is 0.338 e. The molecule has 5 nitrogen and oxygen atoms in total.